The van der Waals surface area contributed by atoms with Gasteiger partial charge in [0.05, 0.1) is 0 Å². The van der Waals surface area contributed by atoms with E-state index in [4.69, 9.17) is 0 Å². The number of carboxylic acid groups (broad SMARTS) is 1. The Hall–Kier alpha value is -2.63. The summed E-state index contributed by atoms with van der Waals surface area (Å²) in [5.74, 6) is -1.35. The van der Waals surface area contributed by atoms with Crippen molar-refractivity contribution in [2.24, 2.45) is 0 Å². The van der Waals surface area contributed by atoms with Crippen LogP contribution >= 0.6 is 0 Å². The number of nitrogens with zero attached hydrogens (tertiary/aromatic N) is 2. The van der Waals surface area contributed by atoms with Crippen molar-refractivity contribution in [3.8, 4) is 0 Å². The molecule has 2 heterocycles. The summed E-state index contributed by atoms with van der Waals surface area (Å²) < 4.78 is -0.334. The predicted octanol–water partition coefficient (Wildman–Crippen LogP) is 1.54. The molecule has 0 saturated carbocycles. The summed E-state index contributed by atoms with van der Waals surface area (Å²) >= 11 is -0.466. The number of hydrogen-bond donors (Lipinski definition) is 1. The monoisotopic (exact) mass is 430 g/mol. The molecule has 2 bridgehead atoms. The summed E-state index contributed by atoms with van der Waals surface area (Å²) in [6.45, 7) is 0.276. The van der Waals surface area contributed by atoms with Crippen molar-refractivity contribution >= 4 is 37.3 Å². The molecule has 2 saturated heterocycles. The summed E-state index contributed by atoms with van der Waals surface area (Å²) in [4.78, 5) is 40.9. The first-order chi connectivity index (χ1) is 13.0. The first-order valence-corrected chi connectivity index (χ1v) is 10.4. The van der Waals surface area contributed by atoms with Gasteiger partial charge in [-0.05, 0) is 0 Å². The Morgan fingerprint density at radius 3 is 2.30 bits per heavy atom. The van der Waals surface area contributed by atoms with Gasteiger partial charge in [-0.3, -0.25) is 0 Å². The molecule has 7 heteroatoms. The third-order valence-electron chi connectivity index (χ3n) is 5.05. The van der Waals surface area contributed by atoms with E-state index in [0.29, 0.717) is 18.4 Å². The molecule has 4 rings (SSSR count). The van der Waals surface area contributed by atoms with Crippen LogP contribution in [-0.4, -0.2) is 64.8 Å². The summed E-state index contributed by atoms with van der Waals surface area (Å²) in [5.41, 5.74) is 0.439. The Morgan fingerprint density at radius 1 is 1.04 bits per heavy atom. The molecular weight excluding hydrogens is 411 g/mol. The van der Waals surface area contributed by atoms with Crippen LogP contribution in [0.1, 0.15) is 23.2 Å². The maximum absolute atomic E-state index is 13.1. The topological polar surface area (TPSA) is 77.9 Å². The van der Waals surface area contributed by atoms with Crippen LogP contribution in [0.2, 0.25) is 0 Å². The van der Waals surface area contributed by atoms with Crippen LogP contribution in [0.4, 0.5) is 4.79 Å². The van der Waals surface area contributed by atoms with Gasteiger partial charge in [0, 0.05) is 0 Å². The molecule has 2 aliphatic rings. The number of carbonyl (C=O) groups is 3. The summed E-state index contributed by atoms with van der Waals surface area (Å²) in [6.07, 6.45) is 0.855. The van der Waals surface area contributed by atoms with Crippen molar-refractivity contribution in [1.29, 1.82) is 0 Å². The Labute approximate surface area is 162 Å². The normalized spacial score (nSPS) is 24.1. The van der Waals surface area contributed by atoms with Crippen molar-refractivity contribution < 1.29 is 19.5 Å². The van der Waals surface area contributed by atoms with Gasteiger partial charge < -0.3 is 0 Å². The standard InChI is InChI=1S/C20H18N2O4Se/c23-17(14-7-3-1-4-8-14)22-15-11-12-20(18(24)25,21(13-15)19(22)26)27-16-9-5-2-6-10-16/h1-10,15H,11-13H2,(H,24,25). The van der Waals surface area contributed by atoms with E-state index in [-0.39, 0.29) is 18.5 Å². The predicted molar refractivity (Wildman–Crippen MR) is 99.9 cm³/mol. The molecule has 6 nitrogen and oxygen atoms in total. The number of amides is 3. The molecule has 0 aliphatic carbocycles. The van der Waals surface area contributed by atoms with Gasteiger partial charge in [0.1, 0.15) is 0 Å². The van der Waals surface area contributed by atoms with E-state index in [1.165, 1.54) is 9.80 Å². The van der Waals surface area contributed by atoms with Crippen molar-refractivity contribution in [2.75, 3.05) is 6.54 Å². The average Bonchev–Trinajstić information content (AvgIpc) is 2.97. The molecule has 2 aromatic rings. The number of rotatable bonds is 4. The van der Waals surface area contributed by atoms with E-state index in [0.717, 1.165) is 4.46 Å². The number of carboxylic acids is 1. The summed E-state index contributed by atoms with van der Waals surface area (Å²) in [7, 11) is 0. The van der Waals surface area contributed by atoms with Crippen LogP contribution in [0, 0.1) is 0 Å². The van der Waals surface area contributed by atoms with Crippen molar-refractivity contribution in [1.82, 2.24) is 9.80 Å². The van der Waals surface area contributed by atoms with E-state index in [1.807, 2.05) is 36.4 Å². The minimum absolute atomic E-state index is 0.274. The summed E-state index contributed by atoms with van der Waals surface area (Å²) in [6, 6.07) is 17.3. The van der Waals surface area contributed by atoms with E-state index >= 15 is 0 Å². The number of hydrogen-bond acceptors (Lipinski definition) is 3. The Balaban J connectivity index is 1.66. The number of piperidine rings is 1. The van der Waals surface area contributed by atoms with Crippen LogP contribution in [0.25, 0.3) is 0 Å². The van der Waals surface area contributed by atoms with Crippen LogP contribution in [0.15, 0.2) is 60.7 Å². The number of fused-ring (bicyclic) bond motifs is 2. The van der Waals surface area contributed by atoms with E-state index in [2.05, 4.69) is 0 Å². The second-order valence-corrected chi connectivity index (χ2v) is 9.47. The van der Waals surface area contributed by atoms with E-state index in [9.17, 15) is 19.5 Å². The molecule has 138 valence electrons. The van der Waals surface area contributed by atoms with Crippen LogP contribution in [0.5, 0.6) is 0 Å². The fraction of sp³-hybridized carbons (Fsp3) is 0.250. The molecule has 1 N–H and O–H groups in total. The Kier molecular flexibility index (Phi) is 4.50. The number of urea groups is 1. The third kappa shape index (κ3) is 2.93. The SMILES string of the molecule is O=C(c1ccccc1)N1C(=O)N2CC1CCC2([Se]c1ccccc1)C(=O)O. The number of carbonyl (C=O) groups excluding carboxylic acids is 2. The fourth-order valence-electron chi connectivity index (χ4n) is 3.70. The van der Waals surface area contributed by atoms with Gasteiger partial charge in [-0.1, -0.05) is 0 Å². The van der Waals surface area contributed by atoms with Crippen molar-refractivity contribution in [3.63, 3.8) is 0 Å². The van der Waals surface area contributed by atoms with Gasteiger partial charge in [-0.15, -0.1) is 0 Å². The van der Waals surface area contributed by atoms with Gasteiger partial charge in [0.2, 0.25) is 0 Å². The molecular formula is C20H18N2O4Se. The summed E-state index contributed by atoms with van der Waals surface area (Å²) in [5, 5.41) is 10.0. The van der Waals surface area contributed by atoms with Gasteiger partial charge in [-0.2, -0.15) is 0 Å². The molecule has 2 aliphatic heterocycles. The zero-order valence-corrected chi connectivity index (χ0v) is 16.2. The van der Waals surface area contributed by atoms with Gasteiger partial charge in [0.25, 0.3) is 0 Å². The van der Waals surface area contributed by atoms with E-state index < -0.39 is 31.4 Å². The molecule has 0 radical (unpaired) electrons. The quantitative estimate of drug-likeness (QED) is 0.749. The molecule has 2 aromatic carbocycles. The first kappa shape index (κ1) is 17.8. The van der Waals surface area contributed by atoms with Gasteiger partial charge in [0.15, 0.2) is 0 Å². The second kappa shape index (κ2) is 6.83. The average molecular weight is 429 g/mol. The number of aliphatic carboxylic acids is 1. The van der Waals surface area contributed by atoms with Gasteiger partial charge in [-0.25, -0.2) is 0 Å². The van der Waals surface area contributed by atoms with Crippen LogP contribution in [0.3, 0.4) is 0 Å². The number of imide groups is 1. The molecule has 0 aromatic heterocycles. The van der Waals surface area contributed by atoms with Gasteiger partial charge >= 0.3 is 163 Å². The van der Waals surface area contributed by atoms with Crippen LogP contribution in [-0.2, 0) is 4.79 Å². The van der Waals surface area contributed by atoms with Crippen molar-refractivity contribution in [3.05, 3.63) is 66.2 Å². The minimum atomic E-state index is -1.26. The van der Waals surface area contributed by atoms with Crippen molar-refractivity contribution in [2.45, 2.75) is 23.3 Å². The first-order valence-electron chi connectivity index (χ1n) is 8.70. The Morgan fingerprint density at radius 2 is 1.67 bits per heavy atom. The van der Waals surface area contributed by atoms with Crippen LogP contribution < -0.4 is 4.46 Å². The van der Waals surface area contributed by atoms with E-state index in [1.54, 1.807) is 24.3 Å². The second-order valence-electron chi connectivity index (χ2n) is 6.63. The zero-order chi connectivity index (χ0) is 19.0. The maximum atomic E-state index is 13.1. The molecule has 2 atom stereocenters. The molecule has 3 amide bonds. The molecule has 2 unspecified atom stereocenters. The molecule has 0 spiro atoms. The molecule has 27 heavy (non-hydrogen) atoms. The third-order valence-corrected chi connectivity index (χ3v) is 8.08. The number of benzene rings is 2. The zero-order valence-electron chi connectivity index (χ0n) is 14.4. The Bertz CT molecular complexity index is 889. The fourth-order valence-corrected chi connectivity index (χ4v) is 6.33. The molecule has 2 fully saturated rings.